The van der Waals surface area contributed by atoms with Crippen molar-refractivity contribution in [2.75, 3.05) is 19.8 Å². The lowest BCUT2D eigenvalue weighted by Gasteiger charge is -2.07. The van der Waals surface area contributed by atoms with Crippen LogP contribution in [0.15, 0.2) is 23.1 Å². The predicted octanol–water partition coefficient (Wildman–Crippen LogP) is 1.26. The minimum absolute atomic E-state index is 0.214. The summed E-state index contributed by atoms with van der Waals surface area (Å²) in [6.45, 7) is -1.22. The van der Waals surface area contributed by atoms with Gasteiger partial charge in [0.2, 0.25) is 10.0 Å². The number of nitriles is 1. The number of benzene rings is 1. The summed E-state index contributed by atoms with van der Waals surface area (Å²) in [7, 11) is -3.95. The van der Waals surface area contributed by atoms with Gasteiger partial charge in [0.1, 0.15) is 18.5 Å². The molecule has 0 saturated carbocycles. The number of nitrogens with zero attached hydrogens (tertiary/aromatic N) is 1. The number of alkyl halides is 2. The first-order chi connectivity index (χ1) is 9.36. The standard InChI is InChI=1S/C11H11F3N2O3S/c12-10-2-1-9(5-8(10)6-15)20(17,18)16-3-4-19-7-11(13)14/h1-2,5,11,16H,3-4,7H2. The first-order valence-corrected chi connectivity index (χ1v) is 6.90. The number of hydrogen-bond donors (Lipinski definition) is 1. The maximum atomic E-state index is 13.1. The smallest absolute Gasteiger partial charge is 0.261 e. The summed E-state index contributed by atoms with van der Waals surface area (Å²) in [5.74, 6) is -0.827. The van der Waals surface area contributed by atoms with E-state index in [4.69, 9.17) is 5.26 Å². The van der Waals surface area contributed by atoms with Crippen LogP contribution in [0.2, 0.25) is 0 Å². The summed E-state index contributed by atoms with van der Waals surface area (Å²) in [4.78, 5) is -0.288. The molecule has 1 aromatic rings. The lowest BCUT2D eigenvalue weighted by Crippen LogP contribution is -2.28. The quantitative estimate of drug-likeness (QED) is 0.769. The largest absolute Gasteiger partial charge is 0.374 e. The van der Waals surface area contributed by atoms with Gasteiger partial charge in [-0.05, 0) is 18.2 Å². The lowest BCUT2D eigenvalue weighted by atomic mass is 10.2. The van der Waals surface area contributed by atoms with E-state index < -0.39 is 34.4 Å². The molecule has 0 atom stereocenters. The second-order valence-corrected chi connectivity index (χ2v) is 5.38. The molecular formula is C11H11F3N2O3S. The fourth-order valence-electron chi connectivity index (χ4n) is 1.26. The van der Waals surface area contributed by atoms with Crippen LogP contribution in [-0.4, -0.2) is 34.6 Å². The van der Waals surface area contributed by atoms with E-state index in [1.54, 1.807) is 0 Å². The van der Waals surface area contributed by atoms with Gasteiger partial charge in [0.05, 0.1) is 17.1 Å². The number of rotatable bonds is 7. The number of ether oxygens (including phenoxy) is 1. The summed E-state index contributed by atoms with van der Waals surface area (Å²) < 4.78 is 66.7. The van der Waals surface area contributed by atoms with Crippen molar-refractivity contribution in [3.05, 3.63) is 29.6 Å². The van der Waals surface area contributed by atoms with Gasteiger partial charge in [-0.25, -0.2) is 26.3 Å². The highest BCUT2D eigenvalue weighted by Crippen LogP contribution is 2.14. The first kappa shape index (κ1) is 16.4. The van der Waals surface area contributed by atoms with Gasteiger partial charge in [-0.1, -0.05) is 0 Å². The molecule has 0 bridgehead atoms. The second-order valence-electron chi connectivity index (χ2n) is 3.62. The molecular weight excluding hydrogens is 297 g/mol. The van der Waals surface area contributed by atoms with Crippen molar-refractivity contribution in [2.24, 2.45) is 0 Å². The minimum Gasteiger partial charge on any atom is -0.374 e. The monoisotopic (exact) mass is 308 g/mol. The second kappa shape index (κ2) is 7.23. The van der Waals surface area contributed by atoms with E-state index >= 15 is 0 Å². The Kier molecular flexibility index (Phi) is 5.94. The summed E-state index contributed by atoms with van der Waals surface area (Å²) in [5.41, 5.74) is -0.401. The Bertz CT molecular complexity index is 599. The average Bonchev–Trinajstić information content (AvgIpc) is 2.38. The van der Waals surface area contributed by atoms with Crippen molar-refractivity contribution >= 4 is 10.0 Å². The van der Waals surface area contributed by atoms with Gasteiger partial charge < -0.3 is 4.74 Å². The molecule has 0 spiro atoms. The van der Waals surface area contributed by atoms with Crippen LogP contribution in [0.25, 0.3) is 0 Å². The molecule has 0 amide bonds. The number of nitrogens with one attached hydrogen (secondary N) is 1. The normalized spacial score (nSPS) is 11.6. The lowest BCUT2D eigenvalue weighted by molar-refractivity contribution is 0.0199. The fraction of sp³-hybridized carbons (Fsp3) is 0.364. The summed E-state index contributed by atoms with van der Waals surface area (Å²) >= 11 is 0. The van der Waals surface area contributed by atoms with Crippen LogP contribution < -0.4 is 4.72 Å². The fourth-order valence-corrected chi connectivity index (χ4v) is 2.30. The zero-order valence-electron chi connectivity index (χ0n) is 10.1. The maximum absolute atomic E-state index is 13.1. The van der Waals surface area contributed by atoms with Gasteiger partial charge in [-0.3, -0.25) is 0 Å². The Morgan fingerprint density at radius 3 is 2.70 bits per heavy atom. The molecule has 0 aliphatic carbocycles. The van der Waals surface area contributed by atoms with Crippen molar-refractivity contribution in [3.63, 3.8) is 0 Å². The van der Waals surface area contributed by atoms with E-state index in [-0.39, 0.29) is 18.0 Å². The van der Waals surface area contributed by atoms with Crippen molar-refractivity contribution in [1.82, 2.24) is 4.72 Å². The van der Waals surface area contributed by atoms with Crippen LogP contribution in [0.1, 0.15) is 5.56 Å². The molecule has 0 fully saturated rings. The summed E-state index contributed by atoms with van der Waals surface area (Å²) in [6, 6.07) is 4.27. The number of halogens is 3. The predicted molar refractivity (Wildman–Crippen MR) is 63.1 cm³/mol. The average molecular weight is 308 g/mol. The van der Waals surface area contributed by atoms with Crippen molar-refractivity contribution in [2.45, 2.75) is 11.3 Å². The van der Waals surface area contributed by atoms with Gasteiger partial charge >= 0.3 is 0 Å². The van der Waals surface area contributed by atoms with Crippen LogP contribution in [0.5, 0.6) is 0 Å². The highest BCUT2D eigenvalue weighted by Gasteiger charge is 2.15. The van der Waals surface area contributed by atoms with Gasteiger partial charge in [-0.15, -0.1) is 0 Å². The topological polar surface area (TPSA) is 79.2 Å². The molecule has 110 valence electrons. The Morgan fingerprint density at radius 2 is 2.10 bits per heavy atom. The van der Waals surface area contributed by atoms with Gasteiger partial charge in [-0.2, -0.15) is 5.26 Å². The molecule has 1 rings (SSSR count). The highest BCUT2D eigenvalue weighted by molar-refractivity contribution is 7.89. The molecule has 9 heteroatoms. The third kappa shape index (κ3) is 4.80. The Labute approximate surface area is 114 Å². The minimum atomic E-state index is -3.95. The van der Waals surface area contributed by atoms with Crippen LogP contribution in [0, 0.1) is 17.1 Å². The van der Waals surface area contributed by atoms with Crippen molar-refractivity contribution in [1.29, 1.82) is 5.26 Å². The van der Waals surface area contributed by atoms with E-state index in [2.05, 4.69) is 9.46 Å². The van der Waals surface area contributed by atoms with E-state index in [1.165, 1.54) is 6.07 Å². The summed E-state index contributed by atoms with van der Waals surface area (Å²) in [5, 5.41) is 8.61. The molecule has 1 N–H and O–H groups in total. The zero-order valence-corrected chi connectivity index (χ0v) is 11.0. The van der Waals surface area contributed by atoms with E-state index in [0.717, 1.165) is 18.2 Å². The molecule has 0 saturated heterocycles. The first-order valence-electron chi connectivity index (χ1n) is 5.42. The van der Waals surface area contributed by atoms with Crippen LogP contribution in [-0.2, 0) is 14.8 Å². The number of hydrogen-bond acceptors (Lipinski definition) is 4. The molecule has 20 heavy (non-hydrogen) atoms. The molecule has 0 aliphatic heterocycles. The maximum Gasteiger partial charge on any atom is 0.261 e. The highest BCUT2D eigenvalue weighted by atomic mass is 32.2. The number of sulfonamides is 1. The molecule has 0 aromatic heterocycles. The molecule has 0 heterocycles. The van der Waals surface area contributed by atoms with Crippen LogP contribution in [0.4, 0.5) is 13.2 Å². The Morgan fingerprint density at radius 1 is 1.40 bits per heavy atom. The SMILES string of the molecule is N#Cc1cc(S(=O)(=O)NCCOCC(F)F)ccc1F. The van der Waals surface area contributed by atoms with Crippen LogP contribution >= 0.6 is 0 Å². The molecule has 1 aromatic carbocycles. The zero-order chi connectivity index (χ0) is 15.2. The van der Waals surface area contributed by atoms with Gasteiger partial charge in [0.15, 0.2) is 0 Å². The van der Waals surface area contributed by atoms with E-state index in [0.29, 0.717) is 0 Å². The van der Waals surface area contributed by atoms with Gasteiger partial charge in [0.25, 0.3) is 6.43 Å². The van der Waals surface area contributed by atoms with E-state index in [9.17, 15) is 21.6 Å². The third-order valence-electron chi connectivity index (χ3n) is 2.15. The molecule has 0 radical (unpaired) electrons. The van der Waals surface area contributed by atoms with Gasteiger partial charge in [0, 0.05) is 6.54 Å². The van der Waals surface area contributed by atoms with Crippen LogP contribution in [0.3, 0.4) is 0 Å². The molecule has 0 aliphatic rings. The van der Waals surface area contributed by atoms with E-state index in [1.807, 2.05) is 0 Å². The van der Waals surface area contributed by atoms with Crippen molar-refractivity contribution in [3.8, 4) is 6.07 Å². The van der Waals surface area contributed by atoms with Crippen molar-refractivity contribution < 1.29 is 26.3 Å². The Balaban J connectivity index is 2.63. The summed E-state index contributed by atoms with van der Waals surface area (Å²) in [6.07, 6.45) is -2.62. The molecule has 0 unspecified atom stereocenters. The molecule has 5 nitrogen and oxygen atoms in total. The third-order valence-corrected chi connectivity index (χ3v) is 3.61. The Hall–Kier alpha value is -1.63.